The minimum absolute atomic E-state index is 0.0220. The lowest BCUT2D eigenvalue weighted by Gasteiger charge is -2.40. The number of hydrogen-bond donors (Lipinski definition) is 5. The lowest BCUT2D eigenvalue weighted by Crippen LogP contribution is -2.59. The Labute approximate surface area is 302 Å². The Morgan fingerprint density at radius 3 is 2.16 bits per heavy atom. The summed E-state index contributed by atoms with van der Waals surface area (Å²) in [5.41, 5.74) is 19.5. The van der Waals surface area contributed by atoms with Crippen molar-refractivity contribution in [2.75, 3.05) is 6.54 Å². The zero-order chi connectivity index (χ0) is 36.0. The van der Waals surface area contributed by atoms with Crippen LogP contribution in [0.5, 0.6) is 0 Å². The van der Waals surface area contributed by atoms with Crippen LogP contribution in [0.1, 0.15) is 48.4 Å². The molecule has 1 fully saturated rings. The van der Waals surface area contributed by atoms with E-state index < -0.39 is 0 Å². The molecule has 258 valence electrons. The fraction of sp³-hybridized carbons (Fsp3) is 0.130. The van der Waals surface area contributed by atoms with Gasteiger partial charge in [0, 0.05) is 6.54 Å². The third kappa shape index (κ3) is 9.37. The van der Waals surface area contributed by atoms with Crippen LogP contribution in [0, 0.1) is 0 Å². The second kappa shape index (κ2) is 18.4. The second-order valence-electron chi connectivity index (χ2n) is 12.3. The number of rotatable bonds is 9. The van der Waals surface area contributed by atoms with Gasteiger partial charge in [-0.1, -0.05) is 159 Å². The summed E-state index contributed by atoms with van der Waals surface area (Å²) in [6.07, 6.45) is 13.3. The first-order valence-electron chi connectivity index (χ1n) is 17.4. The molecule has 0 aromatic heterocycles. The highest BCUT2D eigenvalue weighted by Gasteiger charge is 2.30. The highest BCUT2D eigenvalue weighted by molar-refractivity contribution is 5.97. The maximum absolute atomic E-state index is 5.80. The van der Waals surface area contributed by atoms with Crippen molar-refractivity contribution >= 4 is 34.1 Å². The van der Waals surface area contributed by atoms with E-state index in [0.29, 0.717) is 6.54 Å². The molecule has 1 aliphatic heterocycles. The molecule has 0 amide bonds. The predicted molar refractivity (Wildman–Crippen MR) is 219 cm³/mol. The Bertz CT molecular complexity index is 2160. The fourth-order valence-electron chi connectivity index (χ4n) is 6.36. The molecular weight excluding hydrogens is 623 g/mol. The highest BCUT2D eigenvalue weighted by Crippen LogP contribution is 2.27. The van der Waals surface area contributed by atoms with E-state index in [0.717, 1.165) is 11.1 Å². The Morgan fingerprint density at radius 2 is 1.43 bits per heavy atom. The lowest BCUT2D eigenvalue weighted by atomic mass is 9.94. The van der Waals surface area contributed by atoms with Crippen molar-refractivity contribution in [2.24, 2.45) is 11.5 Å². The van der Waals surface area contributed by atoms with Crippen LogP contribution in [-0.2, 0) is 0 Å². The molecule has 6 rings (SSSR count). The number of fused-ring (bicyclic) bond motifs is 1. The molecule has 5 aromatic rings. The molecule has 0 spiro atoms. The molecule has 7 N–H and O–H groups in total. The van der Waals surface area contributed by atoms with Crippen molar-refractivity contribution < 1.29 is 0 Å². The topological polar surface area (TPSA) is 88.1 Å². The molecular formula is C46H49N5. The van der Waals surface area contributed by atoms with E-state index in [1.165, 1.54) is 49.0 Å². The number of nitrogens with one attached hydrogen (secondary N) is 3. The van der Waals surface area contributed by atoms with Gasteiger partial charge in [-0.25, -0.2) is 0 Å². The third-order valence-corrected chi connectivity index (χ3v) is 8.96. The molecule has 0 aliphatic carbocycles. The molecule has 3 unspecified atom stereocenters. The zero-order valence-corrected chi connectivity index (χ0v) is 29.6. The molecule has 51 heavy (non-hydrogen) atoms. The van der Waals surface area contributed by atoms with Gasteiger partial charge in [0.15, 0.2) is 0 Å². The van der Waals surface area contributed by atoms with Crippen LogP contribution in [0.15, 0.2) is 171 Å². The van der Waals surface area contributed by atoms with Gasteiger partial charge in [-0.2, -0.15) is 0 Å². The molecule has 1 aliphatic rings. The molecule has 0 bridgehead atoms. The van der Waals surface area contributed by atoms with Crippen molar-refractivity contribution in [1.82, 2.24) is 16.0 Å². The summed E-state index contributed by atoms with van der Waals surface area (Å²) in [5, 5.41) is 15.8. The van der Waals surface area contributed by atoms with Crippen molar-refractivity contribution in [1.29, 1.82) is 0 Å². The Hall–Kier alpha value is -5.56. The van der Waals surface area contributed by atoms with Crippen LogP contribution >= 0.6 is 0 Å². The third-order valence-electron chi connectivity index (χ3n) is 8.96. The van der Waals surface area contributed by atoms with Gasteiger partial charge in [0.05, 0.1) is 18.5 Å². The minimum atomic E-state index is -0.0960. The van der Waals surface area contributed by atoms with E-state index >= 15 is 0 Å². The first kappa shape index (κ1) is 36.7. The molecule has 1 heterocycles. The number of nitrogens with two attached hydrogens (primary N) is 2. The monoisotopic (exact) mass is 671 g/mol. The summed E-state index contributed by atoms with van der Waals surface area (Å²) >= 11 is 0. The van der Waals surface area contributed by atoms with Crippen molar-refractivity contribution in [3.8, 4) is 0 Å². The van der Waals surface area contributed by atoms with E-state index in [1.54, 1.807) is 6.20 Å². The molecule has 5 nitrogen and oxygen atoms in total. The first-order chi connectivity index (χ1) is 25.0. The smallest absolute Gasteiger partial charge is 0.0864 e. The van der Waals surface area contributed by atoms with Crippen LogP contribution in [0.25, 0.3) is 34.1 Å². The fourth-order valence-corrected chi connectivity index (χ4v) is 6.36. The first-order valence-corrected chi connectivity index (χ1v) is 17.4. The van der Waals surface area contributed by atoms with Crippen LogP contribution in [0.3, 0.4) is 0 Å². The maximum Gasteiger partial charge on any atom is 0.0864 e. The summed E-state index contributed by atoms with van der Waals surface area (Å²) in [6.45, 7) is 12.7. The Balaban J connectivity index is 0.000000206. The SMILES string of the molecule is C=C/C=c1/cccc/c1=C(/C)C(=C)c1ccccc1/C=C\C.N/C=C\C(=C/CN)C1NC(c2ccccc2)NC(c2ccc3ccccc3c2)N1. The van der Waals surface area contributed by atoms with Crippen LogP contribution < -0.4 is 37.9 Å². The van der Waals surface area contributed by atoms with Crippen LogP contribution in [0.2, 0.25) is 0 Å². The minimum Gasteiger partial charge on any atom is -0.405 e. The molecule has 0 radical (unpaired) electrons. The average molecular weight is 672 g/mol. The molecule has 5 aromatic carbocycles. The van der Waals surface area contributed by atoms with E-state index in [9.17, 15) is 0 Å². The zero-order valence-electron chi connectivity index (χ0n) is 29.6. The largest absolute Gasteiger partial charge is 0.405 e. The predicted octanol–water partition coefficient (Wildman–Crippen LogP) is 7.57. The Morgan fingerprint density at radius 1 is 0.765 bits per heavy atom. The standard InChI is InChI=1S/C24H27N5.C22H22/c25-14-12-19(13-15-26)23-27-22(18-7-2-1-3-8-18)28-24(29-23)21-11-10-17-6-4-5-9-20(17)16-21;1-5-11-19-13-7-9-15-21(19)17(3)18(4)22-16-10-8-14-20(22)12-6-2/h1-14,16,22-24,27-29H,15,25-26H2;5-16H,1,4H2,2-3H3/b14-12-,19-13+;12-6-,19-11-,21-17+. The Kier molecular flexibility index (Phi) is 13.3. The van der Waals surface area contributed by atoms with Gasteiger partial charge >= 0.3 is 0 Å². The highest BCUT2D eigenvalue weighted by atomic mass is 15.4. The van der Waals surface area contributed by atoms with Gasteiger partial charge in [0.2, 0.25) is 0 Å². The van der Waals surface area contributed by atoms with Gasteiger partial charge < -0.3 is 11.5 Å². The average Bonchev–Trinajstić information content (AvgIpc) is 3.18. The van der Waals surface area contributed by atoms with Gasteiger partial charge in [0.25, 0.3) is 0 Å². The molecule has 5 heteroatoms. The molecule has 0 saturated carbocycles. The summed E-state index contributed by atoms with van der Waals surface area (Å²) in [7, 11) is 0. The lowest BCUT2D eigenvalue weighted by molar-refractivity contribution is 0.224. The van der Waals surface area contributed by atoms with E-state index in [2.05, 4.69) is 157 Å². The summed E-state index contributed by atoms with van der Waals surface area (Å²) in [6, 6.07) is 42.0. The van der Waals surface area contributed by atoms with Crippen LogP contribution in [0.4, 0.5) is 0 Å². The molecule has 1 saturated heterocycles. The van der Waals surface area contributed by atoms with E-state index in [4.69, 9.17) is 11.5 Å². The molecule has 3 atom stereocenters. The van der Waals surface area contributed by atoms with Gasteiger partial charge in [-0.15, -0.1) is 0 Å². The summed E-state index contributed by atoms with van der Waals surface area (Å²) in [5.74, 6) is 0. The number of benzene rings is 5. The summed E-state index contributed by atoms with van der Waals surface area (Å²) < 4.78 is 0. The van der Waals surface area contributed by atoms with Gasteiger partial charge in [-0.05, 0) is 92.4 Å². The van der Waals surface area contributed by atoms with Gasteiger partial charge in [0.1, 0.15) is 0 Å². The van der Waals surface area contributed by atoms with Crippen molar-refractivity contribution in [2.45, 2.75) is 32.3 Å². The second-order valence-corrected chi connectivity index (χ2v) is 12.3. The van der Waals surface area contributed by atoms with Gasteiger partial charge in [-0.3, -0.25) is 16.0 Å². The van der Waals surface area contributed by atoms with E-state index in [1.807, 2.05) is 43.4 Å². The summed E-state index contributed by atoms with van der Waals surface area (Å²) in [4.78, 5) is 0. The number of allylic oxidation sites excluding steroid dienone is 3. The van der Waals surface area contributed by atoms with Crippen molar-refractivity contribution in [3.05, 3.63) is 203 Å². The number of hydrogen-bond acceptors (Lipinski definition) is 5. The van der Waals surface area contributed by atoms with E-state index in [-0.39, 0.29) is 18.5 Å². The van der Waals surface area contributed by atoms with Crippen molar-refractivity contribution in [3.63, 3.8) is 0 Å². The normalized spacial score (nSPS) is 18.8. The maximum atomic E-state index is 5.80. The van der Waals surface area contributed by atoms with Crippen LogP contribution in [-0.4, -0.2) is 12.7 Å². The quantitative estimate of drug-likeness (QED) is 0.104.